The van der Waals surface area contributed by atoms with Gasteiger partial charge in [0.1, 0.15) is 0 Å². The molecule has 0 aromatic carbocycles. The Kier molecular flexibility index (Phi) is 12.3. The SMILES string of the molecule is CCOCC(C)(C)OCC(C)N.CNC(C)N. The van der Waals surface area contributed by atoms with E-state index < -0.39 is 0 Å². The summed E-state index contributed by atoms with van der Waals surface area (Å²) in [7, 11) is 1.82. The molecule has 0 aromatic heterocycles. The van der Waals surface area contributed by atoms with Crippen LogP contribution in [0.15, 0.2) is 0 Å². The van der Waals surface area contributed by atoms with Gasteiger partial charge in [0.25, 0.3) is 0 Å². The van der Waals surface area contributed by atoms with Crippen molar-refractivity contribution in [3.05, 3.63) is 0 Å². The van der Waals surface area contributed by atoms with Crippen LogP contribution >= 0.6 is 0 Å². The first-order valence-corrected chi connectivity index (χ1v) is 6.15. The van der Waals surface area contributed by atoms with Crippen molar-refractivity contribution in [2.45, 2.75) is 52.4 Å². The van der Waals surface area contributed by atoms with Crippen molar-refractivity contribution in [2.24, 2.45) is 11.5 Å². The molecule has 17 heavy (non-hydrogen) atoms. The Morgan fingerprint density at radius 2 is 1.71 bits per heavy atom. The van der Waals surface area contributed by atoms with E-state index in [1.54, 1.807) is 0 Å². The smallest absolute Gasteiger partial charge is 0.0859 e. The highest BCUT2D eigenvalue weighted by molar-refractivity contribution is 4.68. The fourth-order valence-corrected chi connectivity index (χ4v) is 0.747. The second-order valence-electron chi connectivity index (χ2n) is 4.76. The lowest BCUT2D eigenvalue weighted by molar-refractivity contribution is -0.0757. The van der Waals surface area contributed by atoms with Gasteiger partial charge in [-0.1, -0.05) is 0 Å². The van der Waals surface area contributed by atoms with Crippen LogP contribution in [0.2, 0.25) is 0 Å². The van der Waals surface area contributed by atoms with Crippen LogP contribution in [0, 0.1) is 0 Å². The van der Waals surface area contributed by atoms with Crippen molar-refractivity contribution in [1.82, 2.24) is 5.32 Å². The summed E-state index contributed by atoms with van der Waals surface area (Å²) in [5, 5.41) is 2.81. The van der Waals surface area contributed by atoms with Crippen LogP contribution in [0.5, 0.6) is 0 Å². The van der Waals surface area contributed by atoms with Gasteiger partial charge < -0.3 is 26.3 Å². The van der Waals surface area contributed by atoms with E-state index in [1.165, 1.54) is 0 Å². The number of nitrogens with two attached hydrogens (primary N) is 2. The van der Waals surface area contributed by atoms with Crippen molar-refractivity contribution >= 4 is 0 Å². The summed E-state index contributed by atoms with van der Waals surface area (Å²) in [6.07, 6.45) is 0.134. The Morgan fingerprint density at radius 1 is 1.24 bits per heavy atom. The molecule has 0 aliphatic carbocycles. The summed E-state index contributed by atoms with van der Waals surface area (Å²) in [5.74, 6) is 0. The molecule has 0 aliphatic heterocycles. The highest BCUT2D eigenvalue weighted by Gasteiger charge is 2.18. The van der Waals surface area contributed by atoms with E-state index in [9.17, 15) is 0 Å². The van der Waals surface area contributed by atoms with Gasteiger partial charge in [0.05, 0.1) is 25.0 Å². The zero-order valence-corrected chi connectivity index (χ0v) is 12.2. The van der Waals surface area contributed by atoms with E-state index in [0.29, 0.717) is 13.2 Å². The molecule has 0 radical (unpaired) electrons. The van der Waals surface area contributed by atoms with Crippen molar-refractivity contribution in [1.29, 1.82) is 0 Å². The Morgan fingerprint density at radius 3 is 2.00 bits per heavy atom. The van der Waals surface area contributed by atoms with E-state index >= 15 is 0 Å². The standard InChI is InChI=1S/C9H21NO2.C3H10N2/c1-5-11-7-9(3,4)12-6-8(2)10;1-3(4)5-2/h8H,5-7,10H2,1-4H3;3,5H,4H2,1-2H3. The number of hydrogen-bond donors (Lipinski definition) is 3. The molecule has 0 amide bonds. The summed E-state index contributed by atoms with van der Waals surface area (Å²) >= 11 is 0. The molecule has 106 valence electrons. The summed E-state index contributed by atoms with van der Waals surface area (Å²) in [4.78, 5) is 0. The largest absolute Gasteiger partial charge is 0.379 e. The number of hydrogen-bond acceptors (Lipinski definition) is 5. The third kappa shape index (κ3) is 18.4. The maximum absolute atomic E-state index is 5.56. The molecule has 0 rings (SSSR count). The topological polar surface area (TPSA) is 82.5 Å². The van der Waals surface area contributed by atoms with Crippen molar-refractivity contribution in [2.75, 3.05) is 26.9 Å². The summed E-state index contributed by atoms with van der Waals surface area (Å²) < 4.78 is 10.8. The van der Waals surface area contributed by atoms with E-state index in [-0.39, 0.29) is 17.8 Å². The number of ether oxygens (including phenoxy) is 2. The highest BCUT2D eigenvalue weighted by atomic mass is 16.5. The average Bonchev–Trinajstić information content (AvgIpc) is 2.25. The first-order chi connectivity index (χ1) is 7.75. The molecular formula is C12H31N3O2. The molecule has 0 fully saturated rings. The summed E-state index contributed by atoms with van der Waals surface area (Å²) in [5.41, 5.74) is 10.5. The van der Waals surface area contributed by atoms with Gasteiger partial charge in [-0.15, -0.1) is 0 Å². The lowest BCUT2D eigenvalue weighted by atomic mass is 10.1. The third-order valence-corrected chi connectivity index (χ3v) is 1.85. The quantitative estimate of drug-likeness (QED) is 0.578. The molecule has 5 N–H and O–H groups in total. The highest BCUT2D eigenvalue weighted by Crippen LogP contribution is 2.09. The van der Waals surface area contributed by atoms with Gasteiger partial charge in [0.2, 0.25) is 0 Å². The van der Waals surface area contributed by atoms with Gasteiger partial charge in [-0.2, -0.15) is 0 Å². The van der Waals surface area contributed by atoms with Crippen LogP contribution in [0.1, 0.15) is 34.6 Å². The fourth-order valence-electron chi connectivity index (χ4n) is 0.747. The molecule has 0 aliphatic rings. The molecule has 0 saturated carbocycles. The lowest BCUT2D eigenvalue weighted by Crippen LogP contribution is -2.35. The second kappa shape index (κ2) is 10.9. The molecule has 2 atom stereocenters. The van der Waals surface area contributed by atoms with Gasteiger partial charge in [-0.3, -0.25) is 0 Å². The van der Waals surface area contributed by atoms with Gasteiger partial charge in [-0.25, -0.2) is 0 Å². The molecule has 5 nitrogen and oxygen atoms in total. The third-order valence-electron chi connectivity index (χ3n) is 1.85. The Hall–Kier alpha value is -0.200. The normalized spacial score (nSPS) is 14.8. The van der Waals surface area contributed by atoms with Gasteiger partial charge in [-0.05, 0) is 41.7 Å². The second-order valence-corrected chi connectivity index (χ2v) is 4.76. The predicted molar refractivity (Wildman–Crippen MR) is 72.9 cm³/mol. The molecule has 0 saturated heterocycles. The van der Waals surface area contributed by atoms with Gasteiger partial charge >= 0.3 is 0 Å². The van der Waals surface area contributed by atoms with Gasteiger partial charge in [0.15, 0.2) is 0 Å². The lowest BCUT2D eigenvalue weighted by Gasteiger charge is -2.25. The Labute approximate surface area is 106 Å². The monoisotopic (exact) mass is 249 g/mol. The first kappa shape index (κ1) is 19.1. The van der Waals surface area contributed by atoms with Crippen LogP contribution in [-0.4, -0.2) is 44.7 Å². The average molecular weight is 249 g/mol. The molecule has 0 aromatic rings. The maximum atomic E-state index is 5.56. The summed E-state index contributed by atoms with van der Waals surface area (Å²) in [6, 6.07) is 0.0888. The van der Waals surface area contributed by atoms with Gasteiger partial charge in [0, 0.05) is 12.6 Å². The van der Waals surface area contributed by atoms with Crippen molar-refractivity contribution in [3.8, 4) is 0 Å². The maximum Gasteiger partial charge on any atom is 0.0859 e. The molecule has 2 unspecified atom stereocenters. The van der Waals surface area contributed by atoms with E-state index in [0.717, 1.165) is 6.61 Å². The first-order valence-electron chi connectivity index (χ1n) is 6.15. The minimum absolute atomic E-state index is 0.0888. The van der Waals surface area contributed by atoms with E-state index in [2.05, 4.69) is 5.32 Å². The van der Waals surface area contributed by atoms with E-state index in [1.807, 2.05) is 41.7 Å². The zero-order valence-electron chi connectivity index (χ0n) is 12.2. The number of rotatable bonds is 7. The predicted octanol–water partition coefficient (Wildman–Crippen LogP) is 0.676. The molecule has 0 spiro atoms. The summed E-state index contributed by atoms with van der Waals surface area (Å²) in [6.45, 7) is 11.7. The zero-order chi connectivity index (χ0) is 13.9. The molecular weight excluding hydrogens is 218 g/mol. The molecule has 0 heterocycles. The van der Waals surface area contributed by atoms with Crippen molar-refractivity contribution < 1.29 is 9.47 Å². The van der Waals surface area contributed by atoms with Crippen LogP contribution in [0.3, 0.4) is 0 Å². The van der Waals surface area contributed by atoms with Crippen LogP contribution in [0.4, 0.5) is 0 Å². The number of nitrogens with one attached hydrogen (secondary N) is 1. The molecule has 0 bridgehead atoms. The van der Waals surface area contributed by atoms with Crippen LogP contribution < -0.4 is 16.8 Å². The minimum Gasteiger partial charge on any atom is -0.379 e. The van der Waals surface area contributed by atoms with E-state index in [4.69, 9.17) is 20.9 Å². The van der Waals surface area contributed by atoms with Crippen LogP contribution in [0.25, 0.3) is 0 Å². The molecule has 5 heteroatoms. The van der Waals surface area contributed by atoms with Crippen molar-refractivity contribution in [3.63, 3.8) is 0 Å². The van der Waals surface area contributed by atoms with Crippen LogP contribution in [-0.2, 0) is 9.47 Å². The Balaban J connectivity index is 0. The minimum atomic E-state index is -0.219. The fraction of sp³-hybridized carbons (Fsp3) is 1.00. The Bertz CT molecular complexity index is 162.